The summed E-state index contributed by atoms with van der Waals surface area (Å²) in [6.45, 7) is -0.248. The van der Waals surface area contributed by atoms with Gasteiger partial charge in [0.1, 0.15) is 24.1 Å². The number of nitrogens with zero attached hydrogens (tertiary/aromatic N) is 3. The van der Waals surface area contributed by atoms with E-state index in [4.69, 9.17) is 24.0 Å². The van der Waals surface area contributed by atoms with Crippen LogP contribution in [0.15, 0.2) is 41.6 Å². The summed E-state index contributed by atoms with van der Waals surface area (Å²) in [5, 5.41) is 20.6. The second-order valence-electron chi connectivity index (χ2n) is 6.83. The summed E-state index contributed by atoms with van der Waals surface area (Å²) in [7, 11) is -3.93. The summed E-state index contributed by atoms with van der Waals surface area (Å²) >= 11 is 0. The highest BCUT2D eigenvalue weighted by Gasteiger charge is 2.46. The van der Waals surface area contributed by atoms with Crippen LogP contribution < -0.4 is 11.4 Å². The molecule has 0 saturated carbocycles. The van der Waals surface area contributed by atoms with Crippen LogP contribution in [0.4, 0.5) is 5.82 Å². The van der Waals surface area contributed by atoms with Crippen LogP contribution in [-0.2, 0) is 22.9 Å². The van der Waals surface area contributed by atoms with E-state index in [-0.39, 0.29) is 12.4 Å². The Balaban J connectivity index is 1.42. The molecule has 5 unspecified atom stereocenters. The zero-order valence-corrected chi connectivity index (χ0v) is 16.6. The van der Waals surface area contributed by atoms with Crippen molar-refractivity contribution in [1.82, 2.24) is 14.5 Å². The van der Waals surface area contributed by atoms with Gasteiger partial charge < -0.3 is 20.7 Å². The molecule has 2 aliphatic rings. The van der Waals surface area contributed by atoms with Gasteiger partial charge in [-0.2, -0.15) is 4.98 Å². The largest absolute Gasteiger partial charge is 0.475 e. The standard InChI is InChI=1S/C17H21N4O8P/c18-13-3-7-21(17(24)20-13)16-15(23)14(22)12(28-16)9-27-30(25)26-8-4-11(29-30)10-1-5-19-6-2-10/h1-3,5-7,11-12,14-16,22-23H,4,8-9H2,(H2,18,20,24)/t11?,12?,14?,15?,16?,30-/m0/s1. The number of ether oxygens (including phenoxy) is 1. The topological polar surface area (TPSA) is 168 Å². The first-order chi connectivity index (χ1) is 14.4. The van der Waals surface area contributed by atoms with Gasteiger partial charge in [0.05, 0.1) is 19.3 Å². The number of pyridine rings is 1. The molecule has 13 heteroatoms. The smallest absolute Gasteiger partial charge is 0.387 e. The second kappa shape index (κ2) is 8.52. The predicted octanol–water partition coefficient (Wildman–Crippen LogP) is 0.143. The molecule has 0 aromatic carbocycles. The number of phosphoric ester groups is 1. The van der Waals surface area contributed by atoms with Gasteiger partial charge in [-0.25, -0.2) is 9.36 Å². The third kappa shape index (κ3) is 4.30. The van der Waals surface area contributed by atoms with Gasteiger partial charge in [-0.15, -0.1) is 0 Å². The highest BCUT2D eigenvalue weighted by Crippen LogP contribution is 2.57. The maximum absolute atomic E-state index is 12.8. The molecule has 6 atom stereocenters. The molecule has 2 saturated heterocycles. The number of aromatic nitrogens is 3. The van der Waals surface area contributed by atoms with Gasteiger partial charge in [-0.3, -0.25) is 23.1 Å². The van der Waals surface area contributed by atoms with Crippen LogP contribution >= 0.6 is 7.82 Å². The van der Waals surface area contributed by atoms with Gasteiger partial charge >= 0.3 is 13.5 Å². The van der Waals surface area contributed by atoms with Crippen molar-refractivity contribution in [2.24, 2.45) is 0 Å². The van der Waals surface area contributed by atoms with E-state index in [1.54, 1.807) is 24.5 Å². The number of aliphatic hydroxyl groups excluding tert-OH is 2. The Morgan fingerprint density at radius 2 is 2.03 bits per heavy atom. The molecule has 2 aromatic rings. The van der Waals surface area contributed by atoms with Crippen molar-refractivity contribution >= 4 is 13.6 Å². The zero-order valence-electron chi connectivity index (χ0n) is 15.7. The molecule has 0 aliphatic carbocycles. The number of hydrogen-bond donors (Lipinski definition) is 3. The Morgan fingerprint density at radius 3 is 2.77 bits per heavy atom. The van der Waals surface area contributed by atoms with E-state index in [2.05, 4.69) is 9.97 Å². The van der Waals surface area contributed by atoms with E-state index in [1.807, 2.05) is 0 Å². The van der Waals surface area contributed by atoms with Crippen molar-refractivity contribution in [3.8, 4) is 0 Å². The number of hydrogen-bond acceptors (Lipinski definition) is 11. The molecule has 2 aliphatic heterocycles. The third-order valence-electron chi connectivity index (χ3n) is 4.82. The van der Waals surface area contributed by atoms with Crippen LogP contribution in [0.5, 0.6) is 0 Å². The molecule has 0 radical (unpaired) electrons. The van der Waals surface area contributed by atoms with Crippen LogP contribution in [0.2, 0.25) is 0 Å². The maximum atomic E-state index is 12.8. The summed E-state index contributed by atoms with van der Waals surface area (Å²) in [4.78, 5) is 19.5. The Morgan fingerprint density at radius 1 is 1.27 bits per heavy atom. The number of phosphoric acid groups is 1. The van der Waals surface area contributed by atoms with Crippen molar-refractivity contribution in [1.29, 1.82) is 0 Å². The molecule has 162 valence electrons. The van der Waals surface area contributed by atoms with Gasteiger partial charge in [-0.05, 0) is 23.8 Å². The van der Waals surface area contributed by atoms with Crippen molar-refractivity contribution in [2.45, 2.75) is 37.1 Å². The molecule has 4 N–H and O–H groups in total. The lowest BCUT2D eigenvalue weighted by molar-refractivity contribution is -0.0609. The maximum Gasteiger partial charge on any atom is 0.475 e. The molecule has 0 spiro atoms. The zero-order chi connectivity index (χ0) is 21.3. The molecule has 0 amide bonds. The van der Waals surface area contributed by atoms with E-state index in [0.717, 1.165) is 10.1 Å². The van der Waals surface area contributed by atoms with Crippen molar-refractivity contribution in [3.63, 3.8) is 0 Å². The molecule has 4 rings (SSSR count). The minimum atomic E-state index is -3.93. The number of nitrogens with two attached hydrogens (primary N) is 1. The number of rotatable bonds is 5. The number of anilines is 1. The summed E-state index contributed by atoms with van der Waals surface area (Å²) in [5.41, 5.74) is 5.48. The monoisotopic (exact) mass is 440 g/mol. The van der Waals surface area contributed by atoms with Crippen LogP contribution in [0.1, 0.15) is 24.3 Å². The first-order valence-corrected chi connectivity index (χ1v) is 10.7. The molecular formula is C17H21N4O8P. The van der Waals surface area contributed by atoms with Crippen LogP contribution in [-0.4, -0.2) is 56.3 Å². The van der Waals surface area contributed by atoms with E-state index in [1.165, 1.54) is 12.3 Å². The highest BCUT2D eigenvalue weighted by molar-refractivity contribution is 7.48. The molecular weight excluding hydrogens is 419 g/mol. The summed E-state index contributed by atoms with van der Waals surface area (Å²) in [6.07, 6.45) is -0.693. The molecule has 2 fully saturated rings. The Labute approximate surface area is 170 Å². The second-order valence-corrected chi connectivity index (χ2v) is 8.45. The van der Waals surface area contributed by atoms with Gasteiger partial charge in [0.15, 0.2) is 6.23 Å². The van der Waals surface area contributed by atoms with E-state index >= 15 is 0 Å². The average molecular weight is 440 g/mol. The van der Waals surface area contributed by atoms with Gasteiger partial charge in [0.25, 0.3) is 0 Å². The average Bonchev–Trinajstić information content (AvgIpc) is 3.01. The lowest BCUT2D eigenvalue weighted by Gasteiger charge is -2.29. The summed E-state index contributed by atoms with van der Waals surface area (Å²) < 4.78 is 35.5. The highest BCUT2D eigenvalue weighted by atomic mass is 31.2. The van der Waals surface area contributed by atoms with Crippen LogP contribution in [0.3, 0.4) is 0 Å². The third-order valence-corrected chi connectivity index (χ3v) is 6.30. The van der Waals surface area contributed by atoms with Gasteiger partial charge in [0, 0.05) is 25.0 Å². The Hall–Kier alpha value is -2.18. The summed E-state index contributed by atoms with van der Waals surface area (Å²) in [6, 6.07) is 4.84. The normalized spacial score (nSPS) is 34.1. The first-order valence-electron chi connectivity index (χ1n) is 9.20. The van der Waals surface area contributed by atoms with Crippen LogP contribution in [0.25, 0.3) is 0 Å². The first kappa shape index (κ1) is 21.1. The lowest BCUT2D eigenvalue weighted by atomic mass is 10.1. The minimum absolute atomic E-state index is 0.0117. The van der Waals surface area contributed by atoms with Crippen molar-refractivity contribution in [3.05, 3.63) is 52.8 Å². The molecule has 0 bridgehead atoms. The van der Waals surface area contributed by atoms with Crippen LogP contribution in [0, 0.1) is 0 Å². The molecule has 12 nitrogen and oxygen atoms in total. The Kier molecular flexibility index (Phi) is 5.98. The quantitative estimate of drug-likeness (QED) is 0.541. The minimum Gasteiger partial charge on any atom is -0.387 e. The molecule has 30 heavy (non-hydrogen) atoms. The number of aliphatic hydroxyl groups is 2. The lowest BCUT2D eigenvalue weighted by Crippen LogP contribution is -2.36. The van der Waals surface area contributed by atoms with Crippen molar-refractivity contribution < 1.29 is 33.1 Å². The molecule has 2 aromatic heterocycles. The fourth-order valence-electron chi connectivity index (χ4n) is 3.26. The fraction of sp³-hybridized carbons (Fsp3) is 0.471. The number of nitrogen functional groups attached to an aromatic ring is 1. The van der Waals surface area contributed by atoms with E-state index < -0.39 is 50.8 Å². The van der Waals surface area contributed by atoms with Gasteiger partial charge in [-0.1, -0.05) is 0 Å². The Bertz CT molecular complexity index is 989. The van der Waals surface area contributed by atoms with Crippen molar-refractivity contribution in [2.75, 3.05) is 18.9 Å². The van der Waals surface area contributed by atoms with E-state index in [9.17, 15) is 19.6 Å². The fourth-order valence-corrected chi connectivity index (χ4v) is 4.66. The SMILES string of the molecule is Nc1ccn(C2OC(CO[P@]3(=O)OCCC(c4ccncc4)O3)C(O)C2O)c(=O)n1. The van der Waals surface area contributed by atoms with E-state index in [0.29, 0.717) is 6.42 Å². The van der Waals surface area contributed by atoms with Gasteiger partial charge in [0.2, 0.25) is 0 Å². The molecule has 4 heterocycles. The predicted molar refractivity (Wildman–Crippen MR) is 101 cm³/mol. The summed E-state index contributed by atoms with van der Waals surface area (Å²) in [5.74, 6) is 0.0117.